The van der Waals surface area contributed by atoms with Crippen molar-refractivity contribution in [2.45, 2.75) is 19.9 Å². The minimum atomic E-state index is -0.568. The Labute approximate surface area is 146 Å². The molecule has 0 heterocycles. The van der Waals surface area contributed by atoms with Gasteiger partial charge >= 0.3 is 5.97 Å². The number of carbonyl (C=O) groups excluding carboxylic acids is 2. The Morgan fingerprint density at radius 1 is 1.17 bits per heavy atom. The SMILES string of the molecule is CCOC(=O)CC(=O)N(Cc1ccccc1)c1cc(Cl)ccc1N. The Balaban J connectivity index is 2.32. The molecule has 6 heteroatoms. The van der Waals surface area contributed by atoms with Crippen molar-refractivity contribution in [2.24, 2.45) is 0 Å². The molecule has 0 saturated carbocycles. The molecule has 126 valence electrons. The number of nitrogen functional groups attached to an aromatic ring is 1. The van der Waals surface area contributed by atoms with Gasteiger partial charge in [-0.15, -0.1) is 0 Å². The summed E-state index contributed by atoms with van der Waals surface area (Å²) in [5.74, 6) is -0.965. The molecule has 0 aliphatic rings. The number of nitrogens with zero attached hydrogens (tertiary/aromatic N) is 1. The second-order valence-electron chi connectivity index (χ2n) is 5.15. The van der Waals surface area contributed by atoms with Gasteiger partial charge < -0.3 is 15.4 Å². The van der Waals surface area contributed by atoms with Crippen molar-refractivity contribution >= 4 is 34.9 Å². The molecule has 0 radical (unpaired) electrons. The molecule has 0 aliphatic carbocycles. The van der Waals surface area contributed by atoms with Gasteiger partial charge in [-0.25, -0.2) is 0 Å². The quantitative estimate of drug-likeness (QED) is 0.494. The van der Waals surface area contributed by atoms with E-state index >= 15 is 0 Å². The largest absolute Gasteiger partial charge is 0.466 e. The van der Waals surface area contributed by atoms with Crippen LogP contribution in [0.4, 0.5) is 11.4 Å². The monoisotopic (exact) mass is 346 g/mol. The number of amides is 1. The van der Waals surface area contributed by atoms with Gasteiger partial charge in [-0.1, -0.05) is 41.9 Å². The van der Waals surface area contributed by atoms with Crippen molar-refractivity contribution in [1.82, 2.24) is 0 Å². The molecule has 0 atom stereocenters. The average molecular weight is 347 g/mol. The molecule has 0 bridgehead atoms. The van der Waals surface area contributed by atoms with Gasteiger partial charge in [0.2, 0.25) is 5.91 Å². The molecule has 1 amide bonds. The van der Waals surface area contributed by atoms with Crippen molar-refractivity contribution in [3.8, 4) is 0 Å². The van der Waals surface area contributed by atoms with Crippen molar-refractivity contribution in [3.05, 3.63) is 59.1 Å². The summed E-state index contributed by atoms with van der Waals surface area (Å²) in [5.41, 5.74) is 7.80. The lowest BCUT2D eigenvalue weighted by Gasteiger charge is -2.24. The number of rotatable bonds is 6. The number of ether oxygens (including phenoxy) is 1. The molecule has 24 heavy (non-hydrogen) atoms. The van der Waals surface area contributed by atoms with E-state index in [1.807, 2.05) is 30.3 Å². The molecule has 2 N–H and O–H groups in total. The van der Waals surface area contributed by atoms with Crippen LogP contribution in [0.15, 0.2) is 48.5 Å². The van der Waals surface area contributed by atoms with Gasteiger partial charge in [0.05, 0.1) is 24.5 Å². The van der Waals surface area contributed by atoms with Crippen molar-refractivity contribution in [3.63, 3.8) is 0 Å². The van der Waals surface area contributed by atoms with Gasteiger partial charge in [-0.3, -0.25) is 9.59 Å². The zero-order chi connectivity index (χ0) is 17.5. The Morgan fingerprint density at radius 3 is 2.54 bits per heavy atom. The van der Waals surface area contributed by atoms with Crippen LogP contribution in [0.3, 0.4) is 0 Å². The molecule has 5 nitrogen and oxygen atoms in total. The number of carbonyl (C=O) groups is 2. The summed E-state index contributed by atoms with van der Waals surface area (Å²) in [4.78, 5) is 25.7. The first-order valence-corrected chi connectivity index (χ1v) is 7.94. The Morgan fingerprint density at radius 2 is 1.88 bits per heavy atom. The third-order valence-electron chi connectivity index (χ3n) is 3.37. The summed E-state index contributed by atoms with van der Waals surface area (Å²) in [6.45, 7) is 2.20. The molecular weight excluding hydrogens is 328 g/mol. The summed E-state index contributed by atoms with van der Waals surface area (Å²) in [7, 11) is 0. The predicted octanol–water partition coefficient (Wildman–Crippen LogP) is 3.41. The van der Waals surface area contributed by atoms with E-state index in [-0.39, 0.29) is 19.6 Å². The number of halogens is 1. The highest BCUT2D eigenvalue weighted by atomic mass is 35.5. The average Bonchev–Trinajstić information content (AvgIpc) is 2.56. The molecule has 2 rings (SSSR count). The van der Waals surface area contributed by atoms with Crippen molar-refractivity contribution < 1.29 is 14.3 Å². The van der Waals surface area contributed by atoms with E-state index < -0.39 is 11.9 Å². The highest BCUT2D eigenvalue weighted by Gasteiger charge is 2.22. The summed E-state index contributed by atoms with van der Waals surface area (Å²) >= 11 is 6.04. The number of hydrogen-bond donors (Lipinski definition) is 1. The fraction of sp³-hybridized carbons (Fsp3) is 0.222. The maximum atomic E-state index is 12.6. The standard InChI is InChI=1S/C18H19ClN2O3/c1-2-24-18(23)11-17(22)21(12-13-6-4-3-5-7-13)16-10-14(19)8-9-15(16)20/h3-10H,2,11-12,20H2,1H3. The maximum Gasteiger partial charge on any atom is 0.315 e. The van der Waals surface area contributed by atoms with Crippen LogP contribution >= 0.6 is 11.6 Å². The topological polar surface area (TPSA) is 72.6 Å². The lowest BCUT2D eigenvalue weighted by molar-refractivity contribution is -0.145. The molecule has 0 saturated heterocycles. The fourth-order valence-electron chi connectivity index (χ4n) is 2.26. The molecule has 0 spiro atoms. The second kappa shape index (κ2) is 8.36. The summed E-state index contributed by atoms with van der Waals surface area (Å²) in [5, 5.41) is 0.459. The molecule has 0 aromatic heterocycles. The molecule has 0 unspecified atom stereocenters. The van der Waals surface area contributed by atoms with E-state index in [4.69, 9.17) is 22.1 Å². The minimum Gasteiger partial charge on any atom is -0.466 e. The Kier molecular flexibility index (Phi) is 6.21. The molecule has 2 aromatic rings. The molecule has 0 aliphatic heterocycles. The van der Waals surface area contributed by atoms with Crippen LogP contribution in [0.5, 0.6) is 0 Å². The van der Waals surface area contributed by atoms with Gasteiger partial charge in [-0.05, 0) is 30.7 Å². The summed E-state index contributed by atoms with van der Waals surface area (Å²) in [6, 6.07) is 14.3. The van der Waals surface area contributed by atoms with Crippen LogP contribution in [-0.2, 0) is 20.9 Å². The van der Waals surface area contributed by atoms with Crippen LogP contribution in [-0.4, -0.2) is 18.5 Å². The lowest BCUT2D eigenvalue weighted by Crippen LogP contribution is -2.33. The predicted molar refractivity (Wildman–Crippen MR) is 94.7 cm³/mol. The smallest absolute Gasteiger partial charge is 0.315 e. The molecule has 2 aromatic carbocycles. The van der Waals surface area contributed by atoms with E-state index in [1.165, 1.54) is 4.90 Å². The van der Waals surface area contributed by atoms with E-state index in [2.05, 4.69) is 0 Å². The van der Waals surface area contributed by atoms with Gasteiger partial charge in [-0.2, -0.15) is 0 Å². The van der Waals surface area contributed by atoms with Gasteiger partial charge in [0.1, 0.15) is 6.42 Å². The highest BCUT2D eigenvalue weighted by molar-refractivity contribution is 6.31. The fourth-order valence-corrected chi connectivity index (χ4v) is 2.42. The lowest BCUT2D eigenvalue weighted by atomic mass is 10.1. The van der Waals surface area contributed by atoms with Gasteiger partial charge in [0.25, 0.3) is 0 Å². The maximum absolute atomic E-state index is 12.6. The summed E-state index contributed by atoms with van der Waals surface area (Å²) < 4.78 is 4.86. The number of nitrogens with two attached hydrogens (primary N) is 1. The zero-order valence-corrected chi connectivity index (χ0v) is 14.1. The van der Waals surface area contributed by atoms with Crippen molar-refractivity contribution in [1.29, 1.82) is 0 Å². The van der Waals surface area contributed by atoms with Crippen LogP contribution in [0.1, 0.15) is 18.9 Å². The van der Waals surface area contributed by atoms with E-state index in [0.717, 1.165) is 5.56 Å². The molecular formula is C18H19ClN2O3. The highest BCUT2D eigenvalue weighted by Crippen LogP contribution is 2.29. The van der Waals surface area contributed by atoms with Crippen molar-refractivity contribution in [2.75, 3.05) is 17.2 Å². The van der Waals surface area contributed by atoms with Crippen LogP contribution < -0.4 is 10.6 Å². The molecule has 0 fully saturated rings. The van der Waals surface area contributed by atoms with E-state index in [1.54, 1.807) is 25.1 Å². The minimum absolute atomic E-state index is 0.226. The third kappa shape index (κ3) is 4.73. The van der Waals surface area contributed by atoms with Crippen LogP contribution in [0, 0.1) is 0 Å². The Bertz CT molecular complexity index is 719. The Hall–Kier alpha value is -2.53. The normalized spacial score (nSPS) is 10.2. The number of benzene rings is 2. The van der Waals surface area contributed by atoms with Gasteiger partial charge in [0, 0.05) is 5.02 Å². The third-order valence-corrected chi connectivity index (χ3v) is 3.60. The second-order valence-corrected chi connectivity index (χ2v) is 5.59. The first-order valence-electron chi connectivity index (χ1n) is 7.56. The van der Waals surface area contributed by atoms with Crippen LogP contribution in [0.25, 0.3) is 0 Å². The van der Waals surface area contributed by atoms with E-state index in [0.29, 0.717) is 16.4 Å². The van der Waals surface area contributed by atoms with Crippen LogP contribution in [0.2, 0.25) is 5.02 Å². The van der Waals surface area contributed by atoms with Gasteiger partial charge in [0.15, 0.2) is 0 Å². The first kappa shape index (κ1) is 17.8. The number of esters is 1. The number of anilines is 2. The summed E-state index contributed by atoms with van der Waals surface area (Å²) in [6.07, 6.45) is -0.355. The first-order chi connectivity index (χ1) is 11.5. The number of hydrogen-bond acceptors (Lipinski definition) is 4. The zero-order valence-electron chi connectivity index (χ0n) is 13.4. The van der Waals surface area contributed by atoms with E-state index in [9.17, 15) is 9.59 Å².